The first-order valence-electron chi connectivity index (χ1n) is 9.03. The number of carbonyl (C=O) groups excluding carboxylic acids is 1. The summed E-state index contributed by atoms with van der Waals surface area (Å²) in [6.07, 6.45) is 7.10. The number of β-amino-alcohol motifs (C(OH)–C–C–N with tert-alkyl or cyclic N) is 1. The molecule has 1 aliphatic carbocycles. The van der Waals surface area contributed by atoms with Gasteiger partial charge in [-0.15, -0.1) is 0 Å². The minimum absolute atomic E-state index is 0.00828. The van der Waals surface area contributed by atoms with E-state index in [-0.39, 0.29) is 19.2 Å². The molecule has 0 aromatic rings. The van der Waals surface area contributed by atoms with Crippen molar-refractivity contribution in [1.29, 1.82) is 0 Å². The van der Waals surface area contributed by atoms with Crippen LogP contribution in [0.25, 0.3) is 0 Å². The molecule has 5 heteroatoms. The number of likely N-dealkylation sites (tertiary alicyclic amines) is 1. The van der Waals surface area contributed by atoms with Crippen LogP contribution in [0.2, 0.25) is 0 Å². The topological polar surface area (TPSA) is 70.0 Å². The Morgan fingerprint density at radius 3 is 2.22 bits per heavy atom. The van der Waals surface area contributed by atoms with Crippen LogP contribution in [0.3, 0.4) is 0 Å². The van der Waals surface area contributed by atoms with Crippen LogP contribution in [-0.2, 0) is 4.74 Å². The molecule has 0 bridgehead atoms. The number of piperidine rings is 1. The highest BCUT2D eigenvalue weighted by Gasteiger charge is 2.52. The Kier molecular flexibility index (Phi) is 5.62. The Balaban J connectivity index is 2.15. The van der Waals surface area contributed by atoms with Gasteiger partial charge in [0, 0.05) is 12.0 Å². The van der Waals surface area contributed by atoms with Crippen molar-refractivity contribution in [3.63, 3.8) is 0 Å². The van der Waals surface area contributed by atoms with Crippen LogP contribution in [-0.4, -0.2) is 52.1 Å². The maximum Gasteiger partial charge on any atom is 0.410 e. The van der Waals surface area contributed by atoms with E-state index in [1.165, 1.54) is 0 Å². The van der Waals surface area contributed by atoms with E-state index in [2.05, 4.69) is 0 Å². The minimum atomic E-state index is -1.01. The Bertz CT molecular complexity index is 410. The summed E-state index contributed by atoms with van der Waals surface area (Å²) in [5, 5.41) is 21.5. The zero-order valence-electron chi connectivity index (χ0n) is 14.9. The lowest BCUT2D eigenvalue weighted by molar-refractivity contribution is -0.149. The first kappa shape index (κ1) is 18.5. The molecule has 0 radical (unpaired) electrons. The molecule has 2 N–H and O–H groups in total. The lowest BCUT2D eigenvalue weighted by Crippen LogP contribution is -2.61. The molecule has 5 nitrogen and oxygen atoms in total. The highest BCUT2D eigenvalue weighted by Crippen LogP contribution is 2.47. The standard InChI is InChI=1S/C18H33NO4/c1-16(2,3)23-15(21)19-12-8-11-18(22,13-19)17(14-20)9-6-4-5-7-10-17/h20,22H,4-14H2,1-3H3. The summed E-state index contributed by atoms with van der Waals surface area (Å²) in [5.74, 6) is 0. The lowest BCUT2D eigenvalue weighted by atomic mass is 9.64. The highest BCUT2D eigenvalue weighted by atomic mass is 16.6. The zero-order chi connectivity index (χ0) is 17.1. The van der Waals surface area contributed by atoms with E-state index in [9.17, 15) is 15.0 Å². The number of amides is 1. The second-order valence-corrected chi connectivity index (χ2v) is 8.39. The van der Waals surface area contributed by atoms with E-state index in [4.69, 9.17) is 4.74 Å². The van der Waals surface area contributed by atoms with E-state index in [1.54, 1.807) is 4.90 Å². The van der Waals surface area contributed by atoms with Crippen molar-refractivity contribution >= 4 is 6.09 Å². The number of hydrogen-bond donors (Lipinski definition) is 2. The maximum absolute atomic E-state index is 12.4. The summed E-state index contributed by atoms with van der Waals surface area (Å²) in [4.78, 5) is 14.0. The number of rotatable bonds is 2. The third kappa shape index (κ3) is 4.18. The molecule has 0 aromatic carbocycles. The van der Waals surface area contributed by atoms with E-state index in [0.717, 1.165) is 44.9 Å². The van der Waals surface area contributed by atoms with Gasteiger partial charge >= 0.3 is 6.09 Å². The number of carbonyl (C=O) groups is 1. The van der Waals surface area contributed by atoms with Gasteiger partial charge in [-0.3, -0.25) is 0 Å². The van der Waals surface area contributed by atoms with Crippen LogP contribution in [0, 0.1) is 5.41 Å². The van der Waals surface area contributed by atoms with Gasteiger partial charge in [0.25, 0.3) is 0 Å². The van der Waals surface area contributed by atoms with Gasteiger partial charge in [-0.05, 0) is 46.5 Å². The van der Waals surface area contributed by atoms with Crippen LogP contribution in [0.15, 0.2) is 0 Å². The van der Waals surface area contributed by atoms with Crippen molar-refractivity contribution in [3.8, 4) is 0 Å². The molecule has 1 amide bonds. The van der Waals surface area contributed by atoms with E-state index in [1.807, 2.05) is 20.8 Å². The molecule has 2 rings (SSSR count). The molecule has 1 unspecified atom stereocenters. The molecule has 1 saturated carbocycles. The smallest absolute Gasteiger partial charge is 0.410 e. The third-order valence-corrected chi connectivity index (χ3v) is 5.47. The van der Waals surface area contributed by atoms with Gasteiger partial charge in [-0.1, -0.05) is 25.7 Å². The molecular formula is C18H33NO4. The minimum Gasteiger partial charge on any atom is -0.444 e. The number of nitrogens with zero attached hydrogens (tertiary/aromatic N) is 1. The number of aliphatic hydroxyl groups excluding tert-OH is 1. The SMILES string of the molecule is CC(C)(C)OC(=O)N1CCCC(O)(C2(CO)CCCCCC2)C1. The average molecular weight is 327 g/mol. The normalized spacial score (nSPS) is 29.0. The van der Waals surface area contributed by atoms with Crippen LogP contribution in [0.4, 0.5) is 4.79 Å². The summed E-state index contributed by atoms with van der Waals surface area (Å²) >= 11 is 0. The van der Waals surface area contributed by atoms with Gasteiger partial charge in [0.2, 0.25) is 0 Å². The zero-order valence-corrected chi connectivity index (χ0v) is 14.9. The fourth-order valence-corrected chi connectivity index (χ4v) is 4.13. The van der Waals surface area contributed by atoms with Crippen molar-refractivity contribution in [2.75, 3.05) is 19.7 Å². The molecule has 0 spiro atoms. The van der Waals surface area contributed by atoms with Gasteiger partial charge in [-0.25, -0.2) is 4.79 Å². The number of ether oxygens (including phenoxy) is 1. The largest absolute Gasteiger partial charge is 0.444 e. The fraction of sp³-hybridized carbons (Fsp3) is 0.944. The predicted octanol–water partition coefficient (Wildman–Crippen LogP) is 3.08. The summed E-state index contributed by atoms with van der Waals surface area (Å²) in [6, 6.07) is 0. The van der Waals surface area contributed by atoms with Crippen LogP contribution < -0.4 is 0 Å². The van der Waals surface area contributed by atoms with Crippen LogP contribution in [0.1, 0.15) is 72.1 Å². The molecule has 1 aliphatic heterocycles. The van der Waals surface area contributed by atoms with Gasteiger partial charge in [0.15, 0.2) is 0 Å². The van der Waals surface area contributed by atoms with Crippen LogP contribution >= 0.6 is 0 Å². The Morgan fingerprint density at radius 2 is 1.70 bits per heavy atom. The van der Waals surface area contributed by atoms with Gasteiger partial charge in [0.1, 0.15) is 5.60 Å². The number of aliphatic hydroxyl groups is 2. The second kappa shape index (κ2) is 6.98. The average Bonchev–Trinajstić information content (AvgIpc) is 2.72. The summed E-state index contributed by atoms with van der Waals surface area (Å²) in [5.41, 5.74) is -2.03. The molecule has 23 heavy (non-hydrogen) atoms. The van der Waals surface area contributed by atoms with E-state index in [0.29, 0.717) is 13.0 Å². The molecule has 1 heterocycles. The summed E-state index contributed by atoms with van der Waals surface area (Å²) in [7, 11) is 0. The fourth-order valence-electron chi connectivity index (χ4n) is 4.13. The summed E-state index contributed by atoms with van der Waals surface area (Å²) < 4.78 is 5.46. The summed E-state index contributed by atoms with van der Waals surface area (Å²) in [6.45, 7) is 6.41. The van der Waals surface area contributed by atoms with Crippen molar-refractivity contribution in [2.24, 2.45) is 5.41 Å². The Hall–Kier alpha value is -0.810. The quantitative estimate of drug-likeness (QED) is 0.765. The van der Waals surface area contributed by atoms with Crippen molar-refractivity contribution in [3.05, 3.63) is 0 Å². The maximum atomic E-state index is 12.4. The predicted molar refractivity (Wildman–Crippen MR) is 89.2 cm³/mol. The molecule has 2 fully saturated rings. The number of hydrogen-bond acceptors (Lipinski definition) is 4. The second-order valence-electron chi connectivity index (χ2n) is 8.39. The molecular weight excluding hydrogens is 294 g/mol. The van der Waals surface area contributed by atoms with E-state index >= 15 is 0 Å². The van der Waals surface area contributed by atoms with E-state index < -0.39 is 16.6 Å². The third-order valence-electron chi connectivity index (χ3n) is 5.47. The van der Waals surface area contributed by atoms with Crippen molar-refractivity contribution < 1.29 is 19.7 Å². The lowest BCUT2D eigenvalue weighted by Gasteiger charge is -2.51. The monoisotopic (exact) mass is 327 g/mol. The highest BCUT2D eigenvalue weighted by molar-refractivity contribution is 5.68. The molecule has 2 aliphatic rings. The first-order chi connectivity index (χ1) is 10.7. The Morgan fingerprint density at radius 1 is 1.09 bits per heavy atom. The van der Waals surface area contributed by atoms with Crippen LogP contribution in [0.5, 0.6) is 0 Å². The van der Waals surface area contributed by atoms with Gasteiger partial charge < -0.3 is 19.8 Å². The molecule has 134 valence electrons. The van der Waals surface area contributed by atoms with Crippen molar-refractivity contribution in [1.82, 2.24) is 4.90 Å². The molecule has 0 aromatic heterocycles. The van der Waals surface area contributed by atoms with Crippen molar-refractivity contribution in [2.45, 2.75) is 83.3 Å². The van der Waals surface area contributed by atoms with Gasteiger partial charge in [0.05, 0.1) is 18.8 Å². The Labute approximate surface area is 140 Å². The molecule has 1 atom stereocenters. The molecule has 1 saturated heterocycles. The first-order valence-corrected chi connectivity index (χ1v) is 9.03. The van der Waals surface area contributed by atoms with Gasteiger partial charge in [-0.2, -0.15) is 0 Å².